The van der Waals surface area contributed by atoms with Crippen molar-refractivity contribution >= 4 is 11.8 Å². The van der Waals surface area contributed by atoms with Crippen LogP contribution in [0.3, 0.4) is 0 Å². The van der Waals surface area contributed by atoms with E-state index in [0.717, 1.165) is 12.5 Å². The molecule has 1 aromatic rings. The zero-order valence-corrected chi connectivity index (χ0v) is 10.9. The van der Waals surface area contributed by atoms with Gasteiger partial charge in [-0.05, 0) is 54.5 Å². The van der Waals surface area contributed by atoms with Gasteiger partial charge in [0.2, 0.25) is 0 Å². The second-order valence-corrected chi connectivity index (χ2v) is 5.54. The molecule has 2 unspecified atom stereocenters. The minimum Gasteiger partial charge on any atom is -0.310 e. The molecule has 2 atom stereocenters. The van der Waals surface area contributed by atoms with Gasteiger partial charge in [0.15, 0.2) is 0 Å². The van der Waals surface area contributed by atoms with E-state index < -0.39 is 0 Å². The highest BCUT2D eigenvalue weighted by Crippen LogP contribution is 2.34. The van der Waals surface area contributed by atoms with Gasteiger partial charge in [-0.1, -0.05) is 6.92 Å². The van der Waals surface area contributed by atoms with E-state index in [1.807, 2.05) is 12.4 Å². The molecule has 2 nitrogen and oxygen atoms in total. The predicted molar refractivity (Wildman–Crippen MR) is 70.8 cm³/mol. The molecule has 0 bridgehead atoms. The van der Waals surface area contributed by atoms with Crippen molar-refractivity contribution in [1.82, 2.24) is 10.3 Å². The normalized spacial score (nSPS) is 22.2. The number of nitrogens with zero attached hydrogens (tertiary/aromatic N) is 1. The zero-order chi connectivity index (χ0) is 11.4. The Kier molecular flexibility index (Phi) is 4.24. The summed E-state index contributed by atoms with van der Waals surface area (Å²) in [7, 11) is 0. The molecular weight excluding hydrogens is 216 g/mol. The fourth-order valence-electron chi connectivity index (χ4n) is 2.37. The van der Waals surface area contributed by atoms with Gasteiger partial charge in [0.1, 0.15) is 0 Å². The lowest BCUT2D eigenvalue weighted by Gasteiger charge is -2.25. The summed E-state index contributed by atoms with van der Waals surface area (Å²) in [6.07, 6.45) is 5.24. The summed E-state index contributed by atoms with van der Waals surface area (Å²) in [6, 6.07) is 2.61. The molecule has 1 aliphatic rings. The van der Waals surface area contributed by atoms with Crippen molar-refractivity contribution in [2.75, 3.05) is 18.1 Å². The number of pyridine rings is 1. The molecule has 2 heterocycles. The third-order valence-corrected chi connectivity index (χ3v) is 4.46. The van der Waals surface area contributed by atoms with Crippen molar-refractivity contribution in [3.63, 3.8) is 0 Å². The SMILES string of the molecule is CCNC(c1cnccc1C)C1CCSC1. The molecule has 1 aliphatic heterocycles. The number of hydrogen-bond donors (Lipinski definition) is 1. The van der Waals surface area contributed by atoms with Gasteiger partial charge in [-0.15, -0.1) is 0 Å². The highest BCUT2D eigenvalue weighted by molar-refractivity contribution is 7.99. The van der Waals surface area contributed by atoms with Crippen molar-refractivity contribution < 1.29 is 0 Å². The van der Waals surface area contributed by atoms with Crippen LogP contribution in [0.2, 0.25) is 0 Å². The van der Waals surface area contributed by atoms with E-state index in [1.165, 1.54) is 29.1 Å². The molecule has 1 saturated heterocycles. The first-order valence-corrected chi connectivity index (χ1v) is 7.20. The van der Waals surface area contributed by atoms with Gasteiger partial charge >= 0.3 is 0 Å². The summed E-state index contributed by atoms with van der Waals surface area (Å²) in [5.41, 5.74) is 2.75. The Hall–Kier alpha value is -0.540. The third kappa shape index (κ3) is 2.58. The summed E-state index contributed by atoms with van der Waals surface area (Å²) >= 11 is 2.08. The Balaban J connectivity index is 2.21. The van der Waals surface area contributed by atoms with Crippen LogP contribution >= 0.6 is 11.8 Å². The summed E-state index contributed by atoms with van der Waals surface area (Å²) in [4.78, 5) is 4.27. The summed E-state index contributed by atoms with van der Waals surface area (Å²) < 4.78 is 0. The first-order chi connectivity index (χ1) is 7.83. The number of nitrogens with one attached hydrogen (secondary N) is 1. The highest BCUT2D eigenvalue weighted by atomic mass is 32.2. The Bertz CT molecular complexity index is 334. The first-order valence-electron chi connectivity index (χ1n) is 6.04. The second-order valence-electron chi connectivity index (χ2n) is 4.39. The van der Waals surface area contributed by atoms with Gasteiger partial charge < -0.3 is 5.32 Å². The van der Waals surface area contributed by atoms with Crippen molar-refractivity contribution in [2.24, 2.45) is 5.92 Å². The molecule has 0 aromatic carbocycles. The van der Waals surface area contributed by atoms with E-state index in [0.29, 0.717) is 6.04 Å². The molecule has 88 valence electrons. The number of aromatic nitrogens is 1. The van der Waals surface area contributed by atoms with Crippen molar-refractivity contribution in [1.29, 1.82) is 0 Å². The smallest absolute Gasteiger partial charge is 0.0374 e. The van der Waals surface area contributed by atoms with Crippen LogP contribution in [0.5, 0.6) is 0 Å². The van der Waals surface area contributed by atoms with Crippen molar-refractivity contribution in [2.45, 2.75) is 26.3 Å². The lowest BCUT2D eigenvalue weighted by molar-refractivity contribution is 0.399. The van der Waals surface area contributed by atoms with Crippen LogP contribution in [0, 0.1) is 12.8 Å². The summed E-state index contributed by atoms with van der Waals surface area (Å²) in [6.45, 7) is 5.39. The molecule has 3 heteroatoms. The predicted octanol–water partition coefficient (Wildman–Crippen LogP) is 2.79. The van der Waals surface area contributed by atoms with E-state index in [1.54, 1.807) is 0 Å². The van der Waals surface area contributed by atoms with Gasteiger partial charge in [0.05, 0.1) is 0 Å². The molecule has 1 N–H and O–H groups in total. The molecule has 0 saturated carbocycles. The van der Waals surface area contributed by atoms with Crippen molar-refractivity contribution in [3.05, 3.63) is 29.6 Å². The fraction of sp³-hybridized carbons (Fsp3) is 0.615. The topological polar surface area (TPSA) is 24.9 Å². The van der Waals surface area contributed by atoms with Crippen molar-refractivity contribution in [3.8, 4) is 0 Å². The molecule has 2 rings (SSSR count). The van der Waals surface area contributed by atoms with E-state index >= 15 is 0 Å². The molecular formula is C13H20N2S. The number of thioether (sulfide) groups is 1. The minimum atomic E-state index is 0.494. The zero-order valence-electron chi connectivity index (χ0n) is 10.1. The molecule has 16 heavy (non-hydrogen) atoms. The van der Waals surface area contributed by atoms with Gasteiger partial charge in [-0.25, -0.2) is 0 Å². The van der Waals surface area contributed by atoms with Crippen LogP contribution in [-0.4, -0.2) is 23.0 Å². The fourth-order valence-corrected chi connectivity index (χ4v) is 3.67. The maximum absolute atomic E-state index is 4.27. The van der Waals surface area contributed by atoms with Crippen LogP contribution in [0.4, 0.5) is 0 Å². The number of aryl methyl sites for hydroxylation is 1. The van der Waals surface area contributed by atoms with Crippen LogP contribution in [0.25, 0.3) is 0 Å². The molecule has 0 amide bonds. The monoisotopic (exact) mass is 236 g/mol. The van der Waals surface area contributed by atoms with E-state index in [9.17, 15) is 0 Å². The van der Waals surface area contributed by atoms with Gasteiger partial charge in [0, 0.05) is 18.4 Å². The van der Waals surface area contributed by atoms with Crippen LogP contribution < -0.4 is 5.32 Å². The molecule has 0 aliphatic carbocycles. The Morgan fingerprint density at radius 3 is 3.12 bits per heavy atom. The number of hydrogen-bond acceptors (Lipinski definition) is 3. The average Bonchev–Trinajstić information content (AvgIpc) is 2.80. The Morgan fingerprint density at radius 2 is 2.50 bits per heavy atom. The molecule has 1 fully saturated rings. The Labute approximate surface area is 102 Å². The second kappa shape index (κ2) is 5.69. The largest absolute Gasteiger partial charge is 0.310 e. The molecule has 0 radical (unpaired) electrons. The van der Waals surface area contributed by atoms with E-state index in [4.69, 9.17) is 0 Å². The van der Waals surface area contributed by atoms with E-state index in [-0.39, 0.29) is 0 Å². The summed E-state index contributed by atoms with van der Waals surface area (Å²) in [5.74, 6) is 3.37. The maximum Gasteiger partial charge on any atom is 0.0374 e. The lowest BCUT2D eigenvalue weighted by atomic mass is 9.91. The summed E-state index contributed by atoms with van der Waals surface area (Å²) in [5, 5.41) is 3.63. The molecule has 0 spiro atoms. The highest BCUT2D eigenvalue weighted by Gasteiger charge is 2.26. The van der Waals surface area contributed by atoms with Crippen LogP contribution in [-0.2, 0) is 0 Å². The lowest BCUT2D eigenvalue weighted by Crippen LogP contribution is -2.29. The maximum atomic E-state index is 4.27. The first kappa shape index (κ1) is 11.9. The average molecular weight is 236 g/mol. The van der Waals surface area contributed by atoms with Gasteiger partial charge in [-0.2, -0.15) is 11.8 Å². The quantitative estimate of drug-likeness (QED) is 0.870. The standard InChI is InChI=1S/C13H20N2S/c1-3-15-13(11-5-7-16-9-11)12-8-14-6-4-10(12)2/h4,6,8,11,13,15H,3,5,7,9H2,1-2H3. The minimum absolute atomic E-state index is 0.494. The van der Waals surface area contributed by atoms with Gasteiger partial charge in [-0.3, -0.25) is 4.98 Å². The third-order valence-electron chi connectivity index (χ3n) is 3.27. The Morgan fingerprint density at radius 1 is 1.62 bits per heavy atom. The van der Waals surface area contributed by atoms with E-state index in [2.05, 4.69) is 42.0 Å². The van der Waals surface area contributed by atoms with Crippen LogP contribution in [0.15, 0.2) is 18.5 Å². The van der Waals surface area contributed by atoms with Crippen LogP contribution in [0.1, 0.15) is 30.5 Å². The van der Waals surface area contributed by atoms with Gasteiger partial charge in [0.25, 0.3) is 0 Å². The number of rotatable bonds is 4. The molecule has 1 aromatic heterocycles.